The lowest BCUT2D eigenvalue weighted by molar-refractivity contribution is -0.688. The van der Waals surface area contributed by atoms with Gasteiger partial charge in [0.2, 0.25) is 0 Å². The number of fused-ring (bicyclic) bond motifs is 1. The molecule has 4 heteroatoms. The summed E-state index contributed by atoms with van der Waals surface area (Å²) in [4.78, 5) is 12.9. The molecule has 2 aromatic carbocycles. The minimum Gasteiger partial charge on any atom is -0.497 e. The van der Waals surface area contributed by atoms with Crippen LogP contribution in [-0.4, -0.2) is 12.9 Å². The monoisotopic (exact) mass is 374 g/mol. The van der Waals surface area contributed by atoms with Gasteiger partial charge in [-0.15, -0.1) is 0 Å². The lowest BCUT2D eigenvalue weighted by Gasteiger charge is -2.18. The molecule has 0 fully saturated rings. The summed E-state index contributed by atoms with van der Waals surface area (Å²) in [7, 11) is 1.61. The van der Waals surface area contributed by atoms with Crippen LogP contribution in [0.3, 0.4) is 0 Å². The highest BCUT2D eigenvalue weighted by atomic mass is 19.1. The van der Waals surface area contributed by atoms with Crippen molar-refractivity contribution in [2.45, 2.75) is 19.4 Å². The van der Waals surface area contributed by atoms with Crippen molar-refractivity contribution < 1.29 is 18.5 Å². The Kier molecular flexibility index (Phi) is 5.02. The molecule has 0 amide bonds. The average molecular weight is 374 g/mol. The van der Waals surface area contributed by atoms with Crippen LogP contribution in [0, 0.1) is 5.82 Å². The Bertz CT molecular complexity index is 1040. The molecule has 0 saturated heterocycles. The van der Waals surface area contributed by atoms with Gasteiger partial charge in [0, 0.05) is 28.8 Å². The molecule has 0 bridgehead atoms. The Balaban J connectivity index is 1.52. The molecule has 0 saturated carbocycles. The van der Waals surface area contributed by atoms with Gasteiger partial charge in [-0.1, -0.05) is 6.07 Å². The lowest BCUT2D eigenvalue weighted by atomic mass is 9.86. The number of hydrogen-bond donors (Lipinski definition) is 0. The fourth-order valence-electron chi connectivity index (χ4n) is 3.48. The van der Waals surface area contributed by atoms with Gasteiger partial charge in [-0.3, -0.25) is 4.79 Å². The minimum absolute atomic E-state index is 0.0724. The van der Waals surface area contributed by atoms with E-state index in [1.54, 1.807) is 19.2 Å². The van der Waals surface area contributed by atoms with Crippen LogP contribution in [0.2, 0.25) is 0 Å². The summed E-state index contributed by atoms with van der Waals surface area (Å²) in [5.74, 6) is 0.546. The van der Waals surface area contributed by atoms with E-state index in [0.717, 1.165) is 40.7 Å². The maximum absolute atomic E-state index is 13.0. The first-order valence-corrected chi connectivity index (χ1v) is 9.28. The number of nitrogens with zero attached hydrogens (tertiary/aromatic N) is 1. The number of hydrogen-bond acceptors (Lipinski definition) is 2. The van der Waals surface area contributed by atoms with E-state index in [-0.39, 0.29) is 11.6 Å². The molecular weight excluding hydrogens is 353 g/mol. The summed E-state index contributed by atoms with van der Waals surface area (Å²) in [6.07, 6.45) is 7.50. The molecule has 1 aliphatic carbocycles. The first kappa shape index (κ1) is 18.1. The fraction of sp³-hybridized carbons (Fsp3) is 0.167. The van der Waals surface area contributed by atoms with Gasteiger partial charge in [0.05, 0.1) is 7.11 Å². The van der Waals surface area contributed by atoms with E-state index >= 15 is 0 Å². The second-order valence-electron chi connectivity index (χ2n) is 6.95. The van der Waals surface area contributed by atoms with Crippen molar-refractivity contribution in [2.24, 2.45) is 0 Å². The zero-order valence-corrected chi connectivity index (χ0v) is 15.7. The van der Waals surface area contributed by atoms with Gasteiger partial charge < -0.3 is 4.74 Å². The second-order valence-corrected chi connectivity index (χ2v) is 6.95. The molecule has 28 heavy (non-hydrogen) atoms. The predicted molar refractivity (Wildman–Crippen MR) is 106 cm³/mol. The number of methoxy groups -OCH3 is 1. The van der Waals surface area contributed by atoms with Crippen LogP contribution in [0.25, 0.3) is 6.08 Å². The number of aryl methyl sites for hydroxylation is 1. The highest BCUT2D eigenvalue weighted by molar-refractivity contribution is 6.13. The normalized spacial score (nSPS) is 14.8. The molecule has 0 spiro atoms. The number of pyridine rings is 1. The highest BCUT2D eigenvalue weighted by Crippen LogP contribution is 2.29. The molecule has 1 aliphatic rings. The molecule has 0 unspecified atom stereocenters. The summed E-state index contributed by atoms with van der Waals surface area (Å²) < 4.78 is 20.3. The van der Waals surface area contributed by atoms with Crippen LogP contribution in [0.4, 0.5) is 4.39 Å². The molecule has 0 atom stereocenters. The van der Waals surface area contributed by atoms with Crippen molar-refractivity contribution in [1.29, 1.82) is 0 Å². The standard InChI is InChI=1S/C24H21FNO2/c1-28-22-9-6-19-4-5-20(24(27)23(19)15-22)14-17-10-12-26(13-11-17)16-18-2-7-21(25)8-3-18/h2-3,6-15H,4-5,16H2,1H3/q+1. The zero-order valence-electron chi connectivity index (χ0n) is 15.7. The van der Waals surface area contributed by atoms with E-state index in [2.05, 4.69) is 0 Å². The summed E-state index contributed by atoms with van der Waals surface area (Å²) in [6, 6.07) is 16.2. The summed E-state index contributed by atoms with van der Waals surface area (Å²) in [5, 5.41) is 0. The molecule has 4 rings (SSSR count). The molecule has 0 N–H and O–H groups in total. The number of carbonyl (C=O) groups excluding carboxylic acids is 1. The number of Topliss-reactive ketones (excluding diaryl/α,β-unsaturated/α-hetero) is 1. The molecule has 0 aliphatic heterocycles. The van der Waals surface area contributed by atoms with Gasteiger partial charge >= 0.3 is 0 Å². The smallest absolute Gasteiger partial charge is 0.189 e. The van der Waals surface area contributed by atoms with Crippen LogP contribution in [0.15, 0.2) is 72.6 Å². The number of ketones is 1. The van der Waals surface area contributed by atoms with Gasteiger partial charge in [0.15, 0.2) is 24.7 Å². The number of carbonyl (C=O) groups is 1. The van der Waals surface area contributed by atoms with Crippen molar-refractivity contribution in [3.63, 3.8) is 0 Å². The number of rotatable bonds is 4. The van der Waals surface area contributed by atoms with Crippen molar-refractivity contribution >= 4 is 11.9 Å². The highest BCUT2D eigenvalue weighted by Gasteiger charge is 2.22. The van der Waals surface area contributed by atoms with Crippen molar-refractivity contribution in [2.75, 3.05) is 7.11 Å². The number of benzene rings is 2. The quantitative estimate of drug-likeness (QED) is 0.501. The molecular formula is C24H21FNO2+. The van der Waals surface area contributed by atoms with E-state index in [4.69, 9.17) is 4.74 Å². The van der Waals surface area contributed by atoms with Gasteiger partial charge in [0.1, 0.15) is 11.6 Å². The van der Waals surface area contributed by atoms with Crippen LogP contribution >= 0.6 is 0 Å². The van der Waals surface area contributed by atoms with E-state index in [0.29, 0.717) is 12.3 Å². The second kappa shape index (κ2) is 7.77. The van der Waals surface area contributed by atoms with Gasteiger partial charge in [-0.25, -0.2) is 8.96 Å². The third-order valence-electron chi connectivity index (χ3n) is 5.05. The number of allylic oxidation sites excluding steroid dienone is 1. The Morgan fingerprint density at radius 3 is 2.50 bits per heavy atom. The molecule has 3 nitrogen and oxygen atoms in total. The predicted octanol–water partition coefficient (Wildman–Crippen LogP) is 4.38. The first-order chi connectivity index (χ1) is 13.6. The maximum atomic E-state index is 13.0. The molecule has 1 heterocycles. The lowest BCUT2D eigenvalue weighted by Crippen LogP contribution is -2.33. The van der Waals surface area contributed by atoms with Crippen molar-refractivity contribution in [3.8, 4) is 5.75 Å². The molecule has 140 valence electrons. The van der Waals surface area contributed by atoms with Gasteiger partial charge in [0.25, 0.3) is 0 Å². The summed E-state index contributed by atoms with van der Waals surface area (Å²) >= 11 is 0. The Hall–Kier alpha value is -3.27. The third kappa shape index (κ3) is 3.86. The van der Waals surface area contributed by atoms with Crippen LogP contribution in [-0.2, 0) is 13.0 Å². The fourth-order valence-corrected chi connectivity index (χ4v) is 3.48. The molecule has 1 aromatic heterocycles. The number of ether oxygens (including phenoxy) is 1. The Labute approximate surface area is 163 Å². The largest absolute Gasteiger partial charge is 0.497 e. The Morgan fingerprint density at radius 2 is 1.79 bits per heavy atom. The van der Waals surface area contributed by atoms with Crippen LogP contribution in [0.5, 0.6) is 5.75 Å². The average Bonchev–Trinajstić information content (AvgIpc) is 2.73. The van der Waals surface area contributed by atoms with E-state index in [1.807, 2.05) is 53.4 Å². The Morgan fingerprint density at radius 1 is 1.04 bits per heavy atom. The van der Waals surface area contributed by atoms with Crippen LogP contribution in [0.1, 0.15) is 33.5 Å². The van der Waals surface area contributed by atoms with Crippen LogP contribution < -0.4 is 9.30 Å². The van der Waals surface area contributed by atoms with Crippen molar-refractivity contribution in [3.05, 3.63) is 101 Å². The first-order valence-electron chi connectivity index (χ1n) is 9.28. The van der Waals surface area contributed by atoms with Gasteiger partial charge in [-0.05, 0) is 66.4 Å². The summed E-state index contributed by atoms with van der Waals surface area (Å²) in [6.45, 7) is 0.670. The number of aromatic nitrogens is 1. The van der Waals surface area contributed by atoms with Gasteiger partial charge in [-0.2, -0.15) is 0 Å². The molecule has 0 radical (unpaired) electrons. The third-order valence-corrected chi connectivity index (χ3v) is 5.05. The maximum Gasteiger partial charge on any atom is 0.189 e. The van der Waals surface area contributed by atoms with E-state index in [1.165, 1.54) is 12.1 Å². The topological polar surface area (TPSA) is 30.2 Å². The minimum atomic E-state index is -0.230. The number of halogens is 1. The SMILES string of the molecule is COc1ccc2c(c1)C(=O)C(=Cc1cc[n+](Cc3ccc(F)cc3)cc1)CC2. The van der Waals surface area contributed by atoms with E-state index < -0.39 is 0 Å². The zero-order chi connectivity index (χ0) is 19.5. The van der Waals surface area contributed by atoms with Crippen molar-refractivity contribution in [1.82, 2.24) is 0 Å². The molecule has 3 aromatic rings. The summed E-state index contributed by atoms with van der Waals surface area (Å²) in [5.41, 5.74) is 4.65. The van der Waals surface area contributed by atoms with E-state index in [9.17, 15) is 9.18 Å².